The molecule has 20 heavy (non-hydrogen) atoms. The van der Waals surface area contributed by atoms with E-state index in [-0.39, 0.29) is 5.56 Å². The molecule has 4 nitrogen and oxygen atoms in total. The van der Waals surface area contributed by atoms with Gasteiger partial charge in [0, 0.05) is 30.8 Å². The summed E-state index contributed by atoms with van der Waals surface area (Å²) in [7, 11) is 0. The zero-order chi connectivity index (χ0) is 13.9. The van der Waals surface area contributed by atoms with Crippen LogP contribution in [0.1, 0.15) is 49.2 Å². The fraction of sp³-hybridized carbons (Fsp3) is 0.750. The molecule has 1 saturated heterocycles. The highest BCUT2D eigenvalue weighted by molar-refractivity contribution is 5.19. The third-order valence-corrected chi connectivity index (χ3v) is 4.71. The first kappa shape index (κ1) is 13.8. The van der Waals surface area contributed by atoms with Crippen LogP contribution < -0.4 is 5.56 Å². The molecule has 0 spiro atoms. The van der Waals surface area contributed by atoms with Crippen LogP contribution in [-0.4, -0.2) is 34.1 Å². The molecular weight excluding hydrogens is 250 g/mol. The second-order valence-electron chi connectivity index (χ2n) is 6.16. The van der Waals surface area contributed by atoms with Crippen LogP contribution in [0.3, 0.4) is 0 Å². The molecular formula is C16H25N3O. The van der Waals surface area contributed by atoms with Crippen LogP contribution in [0.2, 0.25) is 0 Å². The van der Waals surface area contributed by atoms with Crippen molar-refractivity contribution in [2.24, 2.45) is 0 Å². The van der Waals surface area contributed by atoms with Gasteiger partial charge in [-0.3, -0.25) is 9.36 Å². The predicted octanol–water partition coefficient (Wildman–Crippen LogP) is 1.92. The summed E-state index contributed by atoms with van der Waals surface area (Å²) in [6.07, 6.45) is 8.07. The number of hydrogen-bond acceptors (Lipinski definition) is 3. The fourth-order valence-electron chi connectivity index (χ4n) is 3.47. The molecule has 3 rings (SSSR count). The van der Waals surface area contributed by atoms with Gasteiger partial charge in [-0.25, -0.2) is 4.98 Å². The van der Waals surface area contributed by atoms with E-state index in [1.807, 2.05) is 11.5 Å². The number of likely N-dealkylation sites (tertiary alicyclic amines) is 1. The zero-order valence-electron chi connectivity index (χ0n) is 12.5. The average molecular weight is 275 g/mol. The molecule has 1 aromatic rings. The van der Waals surface area contributed by atoms with Crippen molar-refractivity contribution in [2.75, 3.05) is 19.6 Å². The van der Waals surface area contributed by atoms with Crippen LogP contribution in [0, 0.1) is 6.92 Å². The van der Waals surface area contributed by atoms with Gasteiger partial charge in [0.25, 0.3) is 5.56 Å². The Morgan fingerprint density at radius 3 is 2.60 bits per heavy atom. The molecule has 0 N–H and O–H groups in total. The van der Waals surface area contributed by atoms with E-state index in [1.165, 1.54) is 38.8 Å². The lowest BCUT2D eigenvalue weighted by molar-refractivity contribution is 0.231. The molecule has 0 atom stereocenters. The van der Waals surface area contributed by atoms with Gasteiger partial charge in [0.2, 0.25) is 0 Å². The summed E-state index contributed by atoms with van der Waals surface area (Å²) in [6.45, 7) is 6.26. The predicted molar refractivity (Wildman–Crippen MR) is 80.2 cm³/mol. The molecule has 110 valence electrons. The van der Waals surface area contributed by atoms with Crippen molar-refractivity contribution < 1.29 is 0 Å². The highest BCUT2D eigenvalue weighted by atomic mass is 16.1. The van der Waals surface area contributed by atoms with E-state index < -0.39 is 0 Å². The van der Waals surface area contributed by atoms with Crippen LogP contribution >= 0.6 is 0 Å². The molecule has 2 aliphatic heterocycles. The fourth-order valence-corrected chi connectivity index (χ4v) is 3.47. The van der Waals surface area contributed by atoms with Crippen molar-refractivity contribution in [3.8, 4) is 0 Å². The van der Waals surface area contributed by atoms with Crippen LogP contribution in [0.4, 0.5) is 0 Å². The number of aryl methyl sites for hydroxylation is 2. The second kappa shape index (κ2) is 6.08. The molecule has 2 aliphatic rings. The topological polar surface area (TPSA) is 38.1 Å². The summed E-state index contributed by atoms with van der Waals surface area (Å²) >= 11 is 0. The highest BCUT2D eigenvalue weighted by Crippen LogP contribution is 2.14. The first-order valence-electron chi connectivity index (χ1n) is 8.07. The first-order chi connectivity index (χ1) is 9.75. The maximum absolute atomic E-state index is 12.6. The lowest BCUT2D eigenvalue weighted by Crippen LogP contribution is -2.35. The van der Waals surface area contributed by atoms with Crippen molar-refractivity contribution in [1.29, 1.82) is 0 Å². The molecule has 0 saturated carbocycles. The molecule has 0 unspecified atom stereocenters. The number of rotatable bonds is 3. The Hall–Kier alpha value is -1.16. The van der Waals surface area contributed by atoms with Crippen LogP contribution in [0.15, 0.2) is 4.79 Å². The van der Waals surface area contributed by atoms with Gasteiger partial charge in [0.05, 0.1) is 0 Å². The Morgan fingerprint density at radius 2 is 1.80 bits per heavy atom. The maximum Gasteiger partial charge on any atom is 0.256 e. The summed E-state index contributed by atoms with van der Waals surface area (Å²) in [4.78, 5) is 19.8. The van der Waals surface area contributed by atoms with Gasteiger partial charge in [0.1, 0.15) is 5.82 Å². The molecule has 1 fully saturated rings. The summed E-state index contributed by atoms with van der Waals surface area (Å²) in [5.41, 5.74) is 2.13. The van der Waals surface area contributed by atoms with E-state index in [0.29, 0.717) is 0 Å². The van der Waals surface area contributed by atoms with E-state index in [0.717, 1.165) is 49.4 Å². The van der Waals surface area contributed by atoms with Gasteiger partial charge in [0.15, 0.2) is 0 Å². The van der Waals surface area contributed by atoms with Gasteiger partial charge < -0.3 is 4.90 Å². The number of aromatic nitrogens is 2. The molecule has 0 aliphatic carbocycles. The summed E-state index contributed by atoms with van der Waals surface area (Å²) in [5, 5.41) is 0. The van der Waals surface area contributed by atoms with Crippen molar-refractivity contribution >= 4 is 0 Å². The van der Waals surface area contributed by atoms with E-state index >= 15 is 0 Å². The maximum atomic E-state index is 12.6. The first-order valence-corrected chi connectivity index (χ1v) is 8.07. The number of piperidine rings is 1. The molecule has 3 heterocycles. The SMILES string of the molecule is Cc1nc2n(c(=O)c1CCN1CCCCC1)CCCC2. The van der Waals surface area contributed by atoms with Gasteiger partial charge in [-0.1, -0.05) is 6.42 Å². The summed E-state index contributed by atoms with van der Waals surface area (Å²) in [5.74, 6) is 1.00. The van der Waals surface area contributed by atoms with Gasteiger partial charge in [-0.2, -0.15) is 0 Å². The van der Waals surface area contributed by atoms with Crippen LogP contribution in [0.5, 0.6) is 0 Å². The second-order valence-corrected chi connectivity index (χ2v) is 6.16. The van der Waals surface area contributed by atoms with E-state index in [1.54, 1.807) is 0 Å². The number of nitrogens with zero attached hydrogens (tertiary/aromatic N) is 3. The Labute approximate surface area is 120 Å². The van der Waals surface area contributed by atoms with Crippen molar-refractivity contribution in [3.05, 3.63) is 27.4 Å². The van der Waals surface area contributed by atoms with Crippen molar-refractivity contribution in [3.63, 3.8) is 0 Å². The van der Waals surface area contributed by atoms with E-state index in [4.69, 9.17) is 0 Å². The van der Waals surface area contributed by atoms with Gasteiger partial charge >= 0.3 is 0 Å². The van der Waals surface area contributed by atoms with Gasteiger partial charge in [-0.15, -0.1) is 0 Å². The summed E-state index contributed by atoms with van der Waals surface area (Å²) < 4.78 is 1.92. The van der Waals surface area contributed by atoms with Crippen LogP contribution in [0.25, 0.3) is 0 Å². The molecule has 0 amide bonds. The quantitative estimate of drug-likeness (QED) is 0.846. The number of fused-ring (bicyclic) bond motifs is 1. The Bertz CT molecular complexity index is 529. The largest absolute Gasteiger partial charge is 0.303 e. The molecule has 1 aromatic heterocycles. The third kappa shape index (κ3) is 2.80. The Kier molecular flexibility index (Phi) is 4.20. The van der Waals surface area contributed by atoms with Gasteiger partial charge in [-0.05, 0) is 52.1 Å². The Morgan fingerprint density at radius 1 is 1.05 bits per heavy atom. The minimum atomic E-state index is 0.226. The monoisotopic (exact) mass is 275 g/mol. The minimum Gasteiger partial charge on any atom is -0.303 e. The average Bonchev–Trinajstić information content (AvgIpc) is 2.48. The molecule has 0 aromatic carbocycles. The van der Waals surface area contributed by atoms with E-state index in [2.05, 4.69) is 9.88 Å². The molecule has 0 radical (unpaired) electrons. The standard InChI is InChI=1S/C16H25N3O/c1-13-14(8-12-18-9-4-2-5-10-18)16(20)19-11-6-3-7-15(19)17-13/h2-12H2,1H3. The third-order valence-electron chi connectivity index (χ3n) is 4.71. The van der Waals surface area contributed by atoms with Crippen molar-refractivity contribution in [2.45, 2.75) is 58.4 Å². The Balaban J connectivity index is 1.77. The highest BCUT2D eigenvalue weighted by Gasteiger charge is 2.18. The van der Waals surface area contributed by atoms with Crippen molar-refractivity contribution in [1.82, 2.24) is 14.5 Å². The van der Waals surface area contributed by atoms with Crippen LogP contribution in [-0.2, 0) is 19.4 Å². The lowest BCUT2D eigenvalue weighted by Gasteiger charge is -2.26. The normalized spacial score (nSPS) is 19.9. The molecule has 4 heteroatoms. The summed E-state index contributed by atoms with van der Waals surface area (Å²) in [6, 6.07) is 0. The number of hydrogen-bond donors (Lipinski definition) is 0. The molecule has 0 bridgehead atoms. The lowest BCUT2D eigenvalue weighted by atomic mass is 10.1. The zero-order valence-corrected chi connectivity index (χ0v) is 12.5. The minimum absolute atomic E-state index is 0.226. The van der Waals surface area contributed by atoms with E-state index in [9.17, 15) is 4.79 Å². The smallest absolute Gasteiger partial charge is 0.256 e.